The molecule has 0 aliphatic heterocycles. The first kappa shape index (κ1) is 17.7. The molecule has 2 aromatic heterocycles. The molecule has 0 unspecified atom stereocenters. The fourth-order valence-electron chi connectivity index (χ4n) is 3.26. The van der Waals surface area contributed by atoms with Crippen molar-refractivity contribution in [3.63, 3.8) is 0 Å². The third-order valence-electron chi connectivity index (χ3n) is 4.51. The molecule has 1 N–H and O–H groups in total. The Morgan fingerprint density at radius 1 is 1.52 bits per heavy atom. The van der Waals surface area contributed by atoms with Crippen molar-refractivity contribution in [2.24, 2.45) is 5.92 Å². The van der Waals surface area contributed by atoms with Gasteiger partial charge in [0.15, 0.2) is 0 Å². The third kappa shape index (κ3) is 4.12. The van der Waals surface area contributed by atoms with Crippen LogP contribution in [0.3, 0.4) is 0 Å². The monoisotopic (exact) mass is 357 g/mol. The molecule has 0 aromatic carbocycles. The van der Waals surface area contributed by atoms with E-state index in [0.717, 1.165) is 36.3 Å². The number of nitriles is 1. The Kier molecular flexibility index (Phi) is 5.26. The van der Waals surface area contributed by atoms with Gasteiger partial charge in [-0.05, 0) is 56.8 Å². The molecule has 1 amide bonds. The number of aryl methyl sites for hydroxylation is 1. The van der Waals surface area contributed by atoms with Crippen molar-refractivity contribution in [2.45, 2.75) is 39.7 Å². The highest BCUT2D eigenvalue weighted by Gasteiger charge is 2.24. The summed E-state index contributed by atoms with van der Waals surface area (Å²) in [5.74, 6) is 2.24. The minimum absolute atomic E-state index is 0.103. The van der Waals surface area contributed by atoms with E-state index in [1.165, 1.54) is 4.88 Å². The number of thiophene rings is 1. The molecular formula is C19H23N3O2S. The Hall–Kier alpha value is -2.10. The lowest BCUT2D eigenvalue weighted by atomic mass is 9.89. The van der Waals surface area contributed by atoms with Crippen LogP contribution in [0.4, 0.5) is 5.00 Å². The van der Waals surface area contributed by atoms with E-state index >= 15 is 0 Å². The van der Waals surface area contributed by atoms with E-state index in [0.29, 0.717) is 23.0 Å². The van der Waals surface area contributed by atoms with Crippen LogP contribution < -0.4 is 5.32 Å². The number of fused-ring (bicyclic) bond motifs is 1. The summed E-state index contributed by atoms with van der Waals surface area (Å²) in [6, 6.07) is 6.13. The number of nitrogens with one attached hydrogen (secondary N) is 1. The van der Waals surface area contributed by atoms with E-state index in [1.54, 1.807) is 11.3 Å². The Morgan fingerprint density at radius 3 is 3.00 bits per heavy atom. The maximum Gasteiger partial charge on any atom is 0.239 e. The highest BCUT2D eigenvalue weighted by atomic mass is 32.1. The van der Waals surface area contributed by atoms with Gasteiger partial charge in [-0.25, -0.2) is 0 Å². The van der Waals surface area contributed by atoms with Gasteiger partial charge in [0.1, 0.15) is 22.6 Å². The van der Waals surface area contributed by atoms with Crippen LogP contribution in [0.2, 0.25) is 0 Å². The number of amides is 1. The number of carbonyl (C=O) groups is 1. The van der Waals surface area contributed by atoms with Gasteiger partial charge in [0.25, 0.3) is 0 Å². The highest BCUT2D eigenvalue weighted by Crippen LogP contribution is 2.39. The SMILES string of the molecule is Cc1ccc(CN(C)CC(=O)Nc2sc3c(c2C#N)CC[C@@H](C)C3)o1. The Morgan fingerprint density at radius 2 is 2.32 bits per heavy atom. The summed E-state index contributed by atoms with van der Waals surface area (Å²) in [4.78, 5) is 15.5. The van der Waals surface area contributed by atoms with Crippen LogP contribution >= 0.6 is 11.3 Å². The second-order valence-corrected chi connectivity index (χ2v) is 8.01. The predicted molar refractivity (Wildman–Crippen MR) is 98.6 cm³/mol. The van der Waals surface area contributed by atoms with Gasteiger partial charge in [-0.3, -0.25) is 9.69 Å². The van der Waals surface area contributed by atoms with Crippen LogP contribution in [0, 0.1) is 24.2 Å². The normalized spacial score (nSPS) is 16.5. The Balaban J connectivity index is 1.64. The molecule has 1 aliphatic carbocycles. The molecule has 3 rings (SSSR count). The summed E-state index contributed by atoms with van der Waals surface area (Å²) in [5.41, 5.74) is 1.80. The van der Waals surface area contributed by atoms with Gasteiger partial charge >= 0.3 is 0 Å². The number of furan rings is 1. The minimum atomic E-state index is -0.103. The molecule has 0 bridgehead atoms. The Labute approximate surface area is 152 Å². The largest absolute Gasteiger partial charge is 0.465 e. The van der Waals surface area contributed by atoms with Crippen LogP contribution in [0.25, 0.3) is 0 Å². The predicted octanol–water partition coefficient (Wildman–Crippen LogP) is 3.72. The van der Waals surface area contributed by atoms with Crippen molar-refractivity contribution in [3.05, 3.63) is 39.7 Å². The van der Waals surface area contributed by atoms with E-state index in [-0.39, 0.29) is 12.5 Å². The molecule has 0 spiro atoms. The van der Waals surface area contributed by atoms with Crippen molar-refractivity contribution in [3.8, 4) is 6.07 Å². The lowest BCUT2D eigenvalue weighted by molar-refractivity contribution is -0.117. The topological polar surface area (TPSA) is 69.3 Å². The Bertz CT molecular complexity index is 815. The third-order valence-corrected chi connectivity index (χ3v) is 5.68. The van der Waals surface area contributed by atoms with Crippen LogP contribution in [0.5, 0.6) is 0 Å². The van der Waals surface area contributed by atoms with E-state index in [9.17, 15) is 10.1 Å². The molecule has 132 valence electrons. The first-order chi connectivity index (χ1) is 12.0. The molecule has 25 heavy (non-hydrogen) atoms. The van der Waals surface area contributed by atoms with Gasteiger partial charge < -0.3 is 9.73 Å². The van der Waals surface area contributed by atoms with Crippen LogP contribution in [-0.4, -0.2) is 24.4 Å². The number of hydrogen-bond acceptors (Lipinski definition) is 5. The minimum Gasteiger partial charge on any atom is -0.465 e. The average Bonchev–Trinajstić information content (AvgIpc) is 3.09. The fourth-order valence-corrected chi connectivity index (χ4v) is 4.64. The van der Waals surface area contributed by atoms with E-state index < -0.39 is 0 Å². The number of carbonyl (C=O) groups excluding carboxylic acids is 1. The molecular weight excluding hydrogens is 334 g/mol. The summed E-state index contributed by atoms with van der Waals surface area (Å²) < 4.78 is 5.54. The van der Waals surface area contributed by atoms with Crippen molar-refractivity contribution in [2.75, 3.05) is 18.9 Å². The van der Waals surface area contributed by atoms with Crippen LogP contribution in [0.15, 0.2) is 16.5 Å². The standard InChI is InChI=1S/C19H23N3O2S/c1-12-4-7-15-16(9-20)19(25-17(15)8-12)21-18(23)11-22(3)10-14-6-5-13(2)24-14/h5-6,12H,4,7-8,10-11H2,1-3H3,(H,21,23)/t12-/m1/s1. The van der Waals surface area contributed by atoms with Crippen molar-refractivity contribution >= 4 is 22.2 Å². The summed E-state index contributed by atoms with van der Waals surface area (Å²) in [5, 5.41) is 13.1. The second-order valence-electron chi connectivity index (χ2n) is 6.90. The van der Waals surface area contributed by atoms with Crippen LogP contribution in [0.1, 0.15) is 40.9 Å². The lowest BCUT2D eigenvalue weighted by Crippen LogP contribution is -2.29. The van der Waals surface area contributed by atoms with Gasteiger partial charge in [0, 0.05) is 4.88 Å². The highest BCUT2D eigenvalue weighted by molar-refractivity contribution is 7.16. The molecule has 1 atom stereocenters. The van der Waals surface area contributed by atoms with Crippen LogP contribution in [-0.2, 0) is 24.2 Å². The van der Waals surface area contributed by atoms with Gasteiger partial charge in [-0.1, -0.05) is 6.92 Å². The van der Waals surface area contributed by atoms with Gasteiger partial charge in [0.2, 0.25) is 5.91 Å². The molecule has 0 saturated heterocycles. The van der Waals surface area contributed by atoms with Crippen molar-refractivity contribution in [1.82, 2.24) is 4.90 Å². The first-order valence-corrected chi connectivity index (χ1v) is 9.36. The van der Waals surface area contributed by atoms with Gasteiger partial charge in [0.05, 0.1) is 18.7 Å². The zero-order valence-electron chi connectivity index (χ0n) is 14.9. The lowest BCUT2D eigenvalue weighted by Gasteiger charge is -2.17. The maximum absolute atomic E-state index is 12.4. The van der Waals surface area contributed by atoms with Crippen molar-refractivity contribution in [1.29, 1.82) is 5.26 Å². The van der Waals surface area contributed by atoms with Gasteiger partial charge in [-0.15, -0.1) is 11.3 Å². The van der Waals surface area contributed by atoms with E-state index in [1.807, 2.05) is 31.0 Å². The molecule has 0 saturated carbocycles. The number of nitrogens with zero attached hydrogens (tertiary/aromatic N) is 2. The number of rotatable bonds is 5. The molecule has 5 nitrogen and oxygen atoms in total. The first-order valence-electron chi connectivity index (χ1n) is 8.54. The molecule has 1 aliphatic rings. The summed E-state index contributed by atoms with van der Waals surface area (Å²) in [6.07, 6.45) is 3.04. The number of likely N-dealkylation sites (N-methyl/N-ethyl adjacent to an activating group) is 1. The summed E-state index contributed by atoms with van der Waals surface area (Å²) in [7, 11) is 1.88. The molecule has 2 heterocycles. The zero-order chi connectivity index (χ0) is 18.0. The molecule has 2 aromatic rings. The maximum atomic E-state index is 12.4. The quantitative estimate of drug-likeness (QED) is 0.885. The fraction of sp³-hybridized carbons (Fsp3) is 0.474. The summed E-state index contributed by atoms with van der Waals surface area (Å²) >= 11 is 1.56. The van der Waals surface area contributed by atoms with Crippen molar-refractivity contribution < 1.29 is 9.21 Å². The van der Waals surface area contributed by atoms with Gasteiger partial charge in [-0.2, -0.15) is 5.26 Å². The average molecular weight is 357 g/mol. The number of hydrogen-bond donors (Lipinski definition) is 1. The number of anilines is 1. The smallest absolute Gasteiger partial charge is 0.239 e. The van der Waals surface area contributed by atoms with E-state index in [2.05, 4.69) is 18.3 Å². The zero-order valence-corrected chi connectivity index (χ0v) is 15.7. The van der Waals surface area contributed by atoms with E-state index in [4.69, 9.17) is 4.42 Å². The molecule has 0 radical (unpaired) electrons. The molecule has 6 heteroatoms. The second kappa shape index (κ2) is 7.42. The summed E-state index contributed by atoms with van der Waals surface area (Å²) in [6.45, 7) is 4.96. The molecule has 0 fully saturated rings.